The van der Waals surface area contributed by atoms with Gasteiger partial charge in [0.25, 0.3) is 5.56 Å². The highest BCUT2D eigenvalue weighted by atomic mass is 35.5. The second-order valence-electron chi connectivity index (χ2n) is 8.05. The van der Waals surface area contributed by atoms with E-state index in [2.05, 4.69) is 20.2 Å². The van der Waals surface area contributed by atoms with Gasteiger partial charge in [-0.25, -0.2) is 4.98 Å². The Balaban J connectivity index is 1.25. The van der Waals surface area contributed by atoms with E-state index in [9.17, 15) is 4.79 Å². The number of piperidine rings is 1. The van der Waals surface area contributed by atoms with Gasteiger partial charge >= 0.3 is 0 Å². The predicted molar refractivity (Wildman–Crippen MR) is 120 cm³/mol. The van der Waals surface area contributed by atoms with Gasteiger partial charge in [0.15, 0.2) is 0 Å². The number of halogens is 1. The van der Waals surface area contributed by atoms with Gasteiger partial charge in [-0.15, -0.1) is 0 Å². The SMILES string of the molecule is O=c1cc(OCc2ccc(Cl)cn2)ccn1-c1ccc(N2CCC3NCCC3C2)nc1. The molecule has 2 aliphatic heterocycles. The van der Waals surface area contributed by atoms with Crippen LogP contribution in [0.4, 0.5) is 5.82 Å². The highest BCUT2D eigenvalue weighted by molar-refractivity contribution is 6.30. The largest absolute Gasteiger partial charge is 0.487 e. The smallest absolute Gasteiger partial charge is 0.258 e. The molecule has 5 heterocycles. The van der Waals surface area contributed by atoms with E-state index in [1.165, 1.54) is 12.5 Å². The lowest BCUT2D eigenvalue weighted by Gasteiger charge is -2.35. The molecule has 0 amide bonds. The van der Waals surface area contributed by atoms with E-state index in [0.717, 1.165) is 43.3 Å². The van der Waals surface area contributed by atoms with Gasteiger partial charge in [-0.1, -0.05) is 11.6 Å². The van der Waals surface area contributed by atoms with Crippen molar-refractivity contribution in [1.82, 2.24) is 19.9 Å². The molecule has 2 fully saturated rings. The summed E-state index contributed by atoms with van der Waals surface area (Å²) in [7, 11) is 0. The number of hydrogen-bond donors (Lipinski definition) is 1. The Morgan fingerprint density at radius 1 is 1.13 bits per heavy atom. The van der Waals surface area contributed by atoms with Crippen LogP contribution in [0.3, 0.4) is 0 Å². The number of nitrogens with one attached hydrogen (secondary N) is 1. The fourth-order valence-corrected chi connectivity index (χ4v) is 4.49. The van der Waals surface area contributed by atoms with Crippen molar-refractivity contribution < 1.29 is 4.74 Å². The second kappa shape index (κ2) is 8.69. The third-order valence-corrected chi connectivity index (χ3v) is 6.28. The fraction of sp³-hybridized carbons (Fsp3) is 0.348. The van der Waals surface area contributed by atoms with Gasteiger partial charge in [0.05, 0.1) is 22.6 Å². The normalized spacial score (nSPS) is 20.5. The predicted octanol–water partition coefficient (Wildman–Crippen LogP) is 3.05. The third-order valence-electron chi connectivity index (χ3n) is 6.06. The highest BCUT2D eigenvalue weighted by Crippen LogP contribution is 2.27. The first-order valence-corrected chi connectivity index (χ1v) is 10.9. The Bertz CT molecular complexity index is 1100. The van der Waals surface area contributed by atoms with Crippen LogP contribution < -0.4 is 20.5 Å². The summed E-state index contributed by atoms with van der Waals surface area (Å²) >= 11 is 5.84. The summed E-state index contributed by atoms with van der Waals surface area (Å²) in [5, 5.41) is 4.16. The average Bonchev–Trinajstić information content (AvgIpc) is 3.27. The molecule has 0 aliphatic carbocycles. The Kier molecular flexibility index (Phi) is 5.61. The van der Waals surface area contributed by atoms with Crippen LogP contribution in [0.5, 0.6) is 5.75 Å². The molecule has 1 N–H and O–H groups in total. The first kappa shape index (κ1) is 20.0. The fourth-order valence-electron chi connectivity index (χ4n) is 4.38. The summed E-state index contributed by atoms with van der Waals surface area (Å²) in [4.78, 5) is 23.8. The van der Waals surface area contributed by atoms with E-state index in [0.29, 0.717) is 22.7 Å². The number of anilines is 1. The minimum Gasteiger partial charge on any atom is -0.487 e. The van der Waals surface area contributed by atoms with E-state index in [-0.39, 0.29) is 12.2 Å². The minimum atomic E-state index is -0.172. The molecule has 2 aliphatic rings. The second-order valence-corrected chi connectivity index (χ2v) is 8.48. The Morgan fingerprint density at radius 3 is 2.84 bits per heavy atom. The maximum Gasteiger partial charge on any atom is 0.258 e. The molecule has 0 spiro atoms. The lowest BCUT2D eigenvalue weighted by molar-refractivity contribution is 0.300. The van der Waals surface area contributed by atoms with Crippen molar-refractivity contribution in [2.75, 3.05) is 24.5 Å². The molecule has 0 saturated carbocycles. The van der Waals surface area contributed by atoms with Gasteiger partial charge in [-0.2, -0.15) is 0 Å². The topological polar surface area (TPSA) is 72.3 Å². The molecule has 0 aromatic carbocycles. The lowest BCUT2D eigenvalue weighted by Crippen LogP contribution is -2.44. The van der Waals surface area contributed by atoms with Gasteiger partial charge in [0, 0.05) is 37.6 Å². The van der Waals surface area contributed by atoms with Crippen LogP contribution >= 0.6 is 11.6 Å². The molecule has 2 atom stereocenters. The molecule has 0 bridgehead atoms. The van der Waals surface area contributed by atoms with Crippen LogP contribution in [-0.2, 0) is 6.61 Å². The average molecular weight is 438 g/mol. The van der Waals surface area contributed by atoms with Gasteiger partial charge in [-0.05, 0) is 55.6 Å². The van der Waals surface area contributed by atoms with E-state index in [1.54, 1.807) is 41.4 Å². The van der Waals surface area contributed by atoms with Crippen molar-refractivity contribution in [2.45, 2.75) is 25.5 Å². The van der Waals surface area contributed by atoms with Gasteiger partial charge in [-0.3, -0.25) is 14.3 Å². The van der Waals surface area contributed by atoms with Gasteiger partial charge in [0.2, 0.25) is 0 Å². The first-order valence-electron chi connectivity index (χ1n) is 10.6. The number of fused-ring (bicyclic) bond motifs is 1. The molecule has 0 radical (unpaired) electrons. The number of pyridine rings is 3. The van der Waals surface area contributed by atoms with Crippen molar-refractivity contribution in [3.8, 4) is 11.4 Å². The van der Waals surface area contributed by atoms with Crippen molar-refractivity contribution in [3.05, 3.63) is 76.1 Å². The van der Waals surface area contributed by atoms with E-state index in [4.69, 9.17) is 16.3 Å². The Hall–Kier alpha value is -2.90. The number of aromatic nitrogens is 3. The first-order chi connectivity index (χ1) is 15.2. The minimum absolute atomic E-state index is 0.172. The molecule has 160 valence electrons. The molecule has 2 unspecified atom stereocenters. The number of ether oxygens (including phenoxy) is 1. The summed E-state index contributed by atoms with van der Waals surface area (Å²) in [6, 6.07) is 11.4. The molecule has 8 heteroatoms. The monoisotopic (exact) mass is 437 g/mol. The molecule has 3 aromatic rings. The van der Waals surface area contributed by atoms with Crippen molar-refractivity contribution >= 4 is 17.4 Å². The Morgan fingerprint density at radius 2 is 2.06 bits per heavy atom. The zero-order valence-electron chi connectivity index (χ0n) is 17.1. The Labute approximate surface area is 185 Å². The number of nitrogens with zero attached hydrogens (tertiary/aromatic N) is 4. The molecular weight excluding hydrogens is 414 g/mol. The molecular formula is C23H24ClN5O2. The molecule has 2 saturated heterocycles. The van der Waals surface area contributed by atoms with Crippen LogP contribution in [0.15, 0.2) is 59.8 Å². The van der Waals surface area contributed by atoms with Crippen molar-refractivity contribution in [2.24, 2.45) is 5.92 Å². The summed E-state index contributed by atoms with van der Waals surface area (Å²) in [6.07, 6.45) is 7.42. The molecule has 7 nitrogen and oxygen atoms in total. The van der Waals surface area contributed by atoms with Gasteiger partial charge < -0.3 is 15.0 Å². The summed E-state index contributed by atoms with van der Waals surface area (Å²) in [5.41, 5.74) is 1.30. The van der Waals surface area contributed by atoms with E-state index in [1.807, 2.05) is 12.1 Å². The van der Waals surface area contributed by atoms with Crippen LogP contribution in [0.25, 0.3) is 5.69 Å². The van der Waals surface area contributed by atoms with Gasteiger partial charge in [0.1, 0.15) is 18.2 Å². The molecule has 5 rings (SSSR count). The standard InChI is InChI=1S/C23H24ClN5O2/c24-17-1-2-18(26-12-17)15-31-20-6-10-29(23(30)11-20)19-3-4-22(27-13-19)28-9-7-21-16(14-28)5-8-25-21/h1-4,6,10-13,16,21,25H,5,7-9,14-15H2. The molecule has 31 heavy (non-hydrogen) atoms. The van der Waals surface area contributed by atoms with E-state index >= 15 is 0 Å². The summed E-state index contributed by atoms with van der Waals surface area (Å²) in [6.45, 7) is 3.44. The van der Waals surface area contributed by atoms with Crippen molar-refractivity contribution in [3.63, 3.8) is 0 Å². The quantitative estimate of drug-likeness (QED) is 0.661. The van der Waals surface area contributed by atoms with Crippen LogP contribution in [0, 0.1) is 5.92 Å². The zero-order chi connectivity index (χ0) is 21.2. The van der Waals surface area contributed by atoms with E-state index < -0.39 is 0 Å². The maximum atomic E-state index is 12.6. The summed E-state index contributed by atoms with van der Waals surface area (Å²) < 4.78 is 7.26. The molecule has 3 aromatic heterocycles. The number of rotatable bonds is 5. The van der Waals surface area contributed by atoms with Crippen LogP contribution in [0.2, 0.25) is 5.02 Å². The zero-order valence-corrected chi connectivity index (χ0v) is 17.8. The number of hydrogen-bond acceptors (Lipinski definition) is 6. The lowest BCUT2D eigenvalue weighted by atomic mass is 9.93. The van der Waals surface area contributed by atoms with Crippen LogP contribution in [-0.4, -0.2) is 40.2 Å². The summed E-state index contributed by atoms with van der Waals surface area (Å²) in [5.74, 6) is 2.17. The van der Waals surface area contributed by atoms with Crippen molar-refractivity contribution in [1.29, 1.82) is 0 Å². The van der Waals surface area contributed by atoms with Crippen LogP contribution in [0.1, 0.15) is 18.5 Å². The highest BCUT2D eigenvalue weighted by Gasteiger charge is 2.32. The third kappa shape index (κ3) is 4.43. The maximum absolute atomic E-state index is 12.6.